The van der Waals surface area contributed by atoms with Crippen LogP contribution in [0.15, 0.2) is 6.07 Å². The van der Waals surface area contributed by atoms with Crippen LogP contribution in [0.4, 0.5) is 8.78 Å². The topological polar surface area (TPSA) is 9.23 Å². The molecule has 164 valence electrons. The van der Waals surface area contributed by atoms with Crippen LogP contribution in [0.25, 0.3) is 0 Å². The van der Waals surface area contributed by atoms with Crippen LogP contribution in [-0.2, 0) is 0 Å². The summed E-state index contributed by atoms with van der Waals surface area (Å²) in [6.45, 7) is 6.32. The van der Waals surface area contributed by atoms with Gasteiger partial charge in [-0.2, -0.15) is 4.39 Å². The van der Waals surface area contributed by atoms with Gasteiger partial charge in [-0.1, -0.05) is 45.4 Å². The summed E-state index contributed by atoms with van der Waals surface area (Å²) in [5, 5.41) is 0. The standard InChI is InChI=1S/C26H40F2O/c1-4-6-7-8-19-9-11-20(12-10-19)21-13-15-22(16-14-21)24-18(3)17-23(29-5-2)25(27)26(24)28/h17,19-22H,4-16H2,1-3H3. The second-order valence-corrected chi connectivity index (χ2v) is 9.55. The maximum atomic E-state index is 14.8. The molecule has 0 heterocycles. The van der Waals surface area contributed by atoms with E-state index in [1.807, 2.05) is 6.92 Å². The maximum Gasteiger partial charge on any atom is 0.200 e. The van der Waals surface area contributed by atoms with Crippen LogP contribution >= 0.6 is 0 Å². The zero-order chi connectivity index (χ0) is 20.8. The minimum atomic E-state index is -0.809. The highest BCUT2D eigenvalue weighted by Gasteiger charge is 2.33. The lowest BCUT2D eigenvalue weighted by molar-refractivity contribution is 0.155. The Labute approximate surface area is 176 Å². The summed E-state index contributed by atoms with van der Waals surface area (Å²) in [4.78, 5) is 0. The van der Waals surface area contributed by atoms with E-state index in [9.17, 15) is 8.78 Å². The Hall–Kier alpha value is -1.12. The van der Waals surface area contributed by atoms with Crippen LogP contribution in [0, 0.1) is 36.3 Å². The number of hydrogen-bond donors (Lipinski definition) is 0. The SMILES string of the molecule is CCCCCC1CCC(C2CCC(c3c(C)cc(OCC)c(F)c3F)CC2)CC1. The van der Waals surface area contributed by atoms with E-state index in [2.05, 4.69) is 6.92 Å². The molecule has 0 aromatic heterocycles. The minimum Gasteiger partial charge on any atom is -0.491 e. The van der Waals surface area contributed by atoms with Gasteiger partial charge in [0.1, 0.15) is 0 Å². The molecule has 1 aromatic carbocycles. The molecule has 2 saturated carbocycles. The molecule has 0 spiro atoms. The average Bonchev–Trinajstić information content (AvgIpc) is 2.73. The number of aryl methyl sites for hydroxylation is 1. The van der Waals surface area contributed by atoms with Gasteiger partial charge in [-0.15, -0.1) is 0 Å². The molecule has 3 heteroatoms. The molecular formula is C26H40F2O. The molecule has 29 heavy (non-hydrogen) atoms. The predicted molar refractivity (Wildman–Crippen MR) is 117 cm³/mol. The molecule has 0 aliphatic heterocycles. The van der Waals surface area contributed by atoms with Crippen molar-refractivity contribution in [3.63, 3.8) is 0 Å². The molecule has 2 aliphatic rings. The number of benzene rings is 1. The zero-order valence-corrected chi connectivity index (χ0v) is 18.7. The average molecular weight is 407 g/mol. The van der Waals surface area contributed by atoms with Gasteiger partial charge in [0.25, 0.3) is 0 Å². The van der Waals surface area contributed by atoms with Crippen LogP contribution in [0.1, 0.15) is 108 Å². The number of hydrogen-bond acceptors (Lipinski definition) is 1. The molecule has 0 amide bonds. The van der Waals surface area contributed by atoms with Crippen LogP contribution in [0.3, 0.4) is 0 Å². The molecule has 0 unspecified atom stereocenters. The zero-order valence-electron chi connectivity index (χ0n) is 18.7. The first-order valence-electron chi connectivity index (χ1n) is 12.2. The normalized spacial score (nSPS) is 27.8. The van der Waals surface area contributed by atoms with Gasteiger partial charge < -0.3 is 4.74 Å². The summed E-state index contributed by atoms with van der Waals surface area (Å²) in [7, 11) is 0. The fraction of sp³-hybridized carbons (Fsp3) is 0.769. The minimum absolute atomic E-state index is 0.0515. The molecule has 0 saturated heterocycles. The largest absolute Gasteiger partial charge is 0.491 e. The Morgan fingerprint density at radius 1 is 0.862 bits per heavy atom. The van der Waals surface area contributed by atoms with E-state index in [1.54, 1.807) is 13.0 Å². The van der Waals surface area contributed by atoms with E-state index in [-0.39, 0.29) is 11.7 Å². The lowest BCUT2D eigenvalue weighted by Crippen LogP contribution is -2.26. The summed E-state index contributed by atoms with van der Waals surface area (Å²) in [6.07, 6.45) is 15.4. The van der Waals surface area contributed by atoms with Gasteiger partial charge in [0, 0.05) is 0 Å². The van der Waals surface area contributed by atoms with Crippen LogP contribution in [0.5, 0.6) is 5.75 Å². The highest BCUT2D eigenvalue weighted by atomic mass is 19.2. The molecule has 0 N–H and O–H groups in total. The molecule has 2 aliphatic carbocycles. The van der Waals surface area contributed by atoms with Crippen molar-refractivity contribution in [2.24, 2.45) is 17.8 Å². The molecule has 0 radical (unpaired) electrons. The predicted octanol–water partition coefficient (Wildman–Crippen LogP) is 8.33. The monoisotopic (exact) mass is 406 g/mol. The van der Waals surface area contributed by atoms with Gasteiger partial charge in [-0.05, 0) is 93.2 Å². The fourth-order valence-electron chi connectivity index (χ4n) is 6.01. The smallest absolute Gasteiger partial charge is 0.200 e. The summed E-state index contributed by atoms with van der Waals surface area (Å²) < 4.78 is 34.5. The molecule has 1 aromatic rings. The van der Waals surface area contributed by atoms with Gasteiger partial charge in [0.05, 0.1) is 6.61 Å². The van der Waals surface area contributed by atoms with E-state index in [1.165, 1.54) is 64.2 Å². The van der Waals surface area contributed by atoms with Crippen molar-refractivity contribution >= 4 is 0 Å². The number of unbranched alkanes of at least 4 members (excludes halogenated alkanes) is 2. The van der Waals surface area contributed by atoms with Crippen molar-refractivity contribution in [1.29, 1.82) is 0 Å². The van der Waals surface area contributed by atoms with E-state index >= 15 is 0 Å². The third kappa shape index (κ3) is 5.52. The number of ether oxygens (including phenoxy) is 1. The highest BCUT2D eigenvalue weighted by Crippen LogP contribution is 2.46. The van der Waals surface area contributed by atoms with Crippen molar-refractivity contribution in [3.05, 3.63) is 28.8 Å². The third-order valence-corrected chi connectivity index (χ3v) is 7.67. The van der Waals surface area contributed by atoms with Crippen molar-refractivity contribution < 1.29 is 13.5 Å². The molecule has 2 fully saturated rings. The Bertz CT molecular complexity index is 641. The second-order valence-electron chi connectivity index (χ2n) is 9.55. The van der Waals surface area contributed by atoms with Crippen LogP contribution in [-0.4, -0.2) is 6.61 Å². The van der Waals surface area contributed by atoms with E-state index in [4.69, 9.17) is 4.74 Å². The number of halogens is 2. The maximum absolute atomic E-state index is 14.8. The Morgan fingerprint density at radius 3 is 2.07 bits per heavy atom. The molecule has 3 rings (SSSR count). The van der Waals surface area contributed by atoms with Crippen molar-refractivity contribution in [3.8, 4) is 5.75 Å². The van der Waals surface area contributed by atoms with Gasteiger partial charge in [-0.3, -0.25) is 0 Å². The first-order chi connectivity index (χ1) is 14.0. The first kappa shape index (κ1) is 22.6. The lowest BCUT2D eigenvalue weighted by Gasteiger charge is -2.38. The summed E-state index contributed by atoms with van der Waals surface area (Å²) >= 11 is 0. The van der Waals surface area contributed by atoms with Gasteiger partial charge in [0.15, 0.2) is 11.6 Å². The van der Waals surface area contributed by atoms with Crippen molar-refractivity contribution in [1.82, 2.24) is 0 Å². The lowest BCUT2D eigenvalue weighted by atomic mass is 9.67. The van der Waals surface area contributed by atoms with Gasteiger partial charge >= 0.3 is 0 Å². The van der Waals surface area contributed by atoms with Crippen molar-refractivity contribution in [2.45, 2.75) is 104 Å². The third-order valence-electron chi connectivity index (χ3n) is 7.67. The molecular weight excluding hydrogens is 366 g/mol. The van der Waals surface area contributed by atoms with Crippen LogP contribution in [0.2, 0.25) is 0 Å². The fourth-order valence-corrected chi connectivity index (χ4v) is 6.01. The second kappa shape index (κ2) is 10.8. The Balaban J connectivity index is 1.53. The Morgan fingerprint density at radius 2 is 1.48 bits per heavy atom. The van der Waals surface area contributed by atoms with E-state index in [0.717, 1.165) is 36.2 Å². The molecule has 1 nitrogen and oxygen atoms in total. The quantitative estimate of drug-likeness (QED) is 0.394. The van der Waals surface area contributed by atoms with Gasteiger partial charge in [0.2, 0.25) is 5.82 Å². The summed E-state index contributed by atoms with van der Waals surface area (Å²) in [5.74, 6) is 1.33. The summed E-state index contributed by atoms with van der Waals surface area (Å²) in [6, 6.07) is 1.68. The van der Waals surface area contributed by atoms with E-state index < -0.39 is 11.6 Å². The van der Waals surface area contributed by atoms with Crippen LogP contribution < -0.4 is 4.74 Å². The highest BCUT2D eigenvalue weighted by molar-refractivity contribution is 5.40. The summed E-state index contributed by atoms with van der Waals surface area (Å²) in [5.41, 5.74) is 1.44. The number of rotatable bonds is 8. The first-order valence-corrected chi connectivity index (χ1v) is 12.2. The van der Waals surface area contributed by atoms with Gasteiger partial charge in [-0.25, -0.2) is 4.39 Å². The Kier molecular flexibility index (Phi) is 8.38. The van der Waals surface area contributed by atoms with E-state index in [0.29, 0.717) is 12.2 Å². The molecule has 0 bridgehead atoms. The van der Waals surface area contributed by atoms with Crippen molar-refractivity contribution in [2.75, 3.05) is 6.61 Å². The molecule has 0 atom stereocenters.